The van der Waals surface area contributed by atoms with Crippen molar-refractivity contribution in [2.24, 2.45) is 17.8 Å². The topological polar surface area (TPSA) is 9.23 Å². The van der Waals surface area contributed by atoms with E-state index >= 15 is 0 Å². The minimum absolute atomic E-state index is 0.571. The highest BCUT2D eigenvalue weighted by Gasteiger charge is 2.30. The summed E-state index contributed by atoms with van der Waals surface area (Å²) in [5, 5.41) is 0. The first kappa shape index (κ1) is 15.4. The van der Waals surface area contributed by atoms with Crippen molar-refractivity contribution in [2.75, 3.05) is 7.11 Å². The fourth-order valence-corrected chi connectivity index (χ4v) is 4.43. The van der Waals surface area contributed by atoms with Crippen LogP contribution in [-0.2, 0) is 4.74 Å². The smallest absolute Gasteiger partial charge is 0.0571 e. The molecule has 0 aromatic carbocycles. The minimum Gasteiger partial charge on any atom is -0.381 e. The lowest BCUT2D eigenvalue weighted by Gasteiger charge is -2.37. The monoisotopic (exact) mass is 266 g/mol. The van der Waals surface area contributed by atoms with E-state index < -0.39 is 0 Å². The highest BCUT2D eigenvalue weighted by Crippen LogP contribution is 2.41. The molecule has 0 heterocycles. The van der Waals surface area contributed by atoms with E-state index in [9.17, 15) is 0 Å². The van der Waals surface area contributed by atoms with Crippen LogP contribution in [0.1, 0.15) is 84.0 Å². The molecule has 0 saturated heterocycles. The van der Waals surface area contributed by atoms with Crippen LogP contribution in [0.25, 0.3) is 0 Å². The highest BCUT2D eigenvalue weighted by atomic mass is 16.5. The second kappa shape index (κ2) is 8.29. The molecule has 0 amide bonds. The summed E-state index contributed by atoms with van der Waals surface area (Å²) in [6.45, 7) is 2.31. The van der Waals surface area contributed by atoms with Gasteiger partial charge in [-0.1, -0.05) is 45.4 Å². The molecule has 0 aliphatic heterocycles. The van der Waals surface area contributed by atoms with E-state index in [2.05, 4.69) is 6.92 Å². The first-order valence-corrected chi connectivity index (χ1v) is 8.86. The van der Waals surface area contributed by atoms with E-state index in [1.165, 1.54) is 77.0 Å². The van der Waals surface area contributed by atoms with E-state index in [4.69, 9.17) is 4.74 Å². The van der Waals surface area contributed by atoms with Gasteiger partial charge in [0.15, 0.2) is 0 Å². The first-order valence-electron chi connectivity index (χ1n) is 8.86. The molecule has 0 unspecified atom stereocenters. The Labute approximate surface area is 120 Å². The summed E-state index contributed by atoms with van der Waals surface area (Å²) in [6, 6.07) is 0. The number of ether oxygens (including phenoxy) is 1. The van der Waals surface area contributed by atoms with Gasteiger partial charge in [0.1, 0.15) is 0 Å². The van der Waals surface area contributed by atoms with Crippen molar-refractivity contribution >= 4 is 0 Å². The fraction of sp³-hybridized carbons (Fsp3) is 1.00. The Balaban J connectivity index is 1.63. The van der Waals surface area contributed by atoms with Crippen molar-refractivity contribution in [3.05, 3.63) is 0 Å². The van der Waals surface area contributed by atoms with Crippen molar-refractivity contribution in [1.29, 1.82) is 0 Å². The van der Waals surface area contributed by atoms with Crippen LogP contribution >= 0.6 is 0 Å². The molecule has 0 aromatic heterocycles. The molecule has 0 radical (unpaired) electrons. The predicted molar refractivity (Wildman–Crippen MR) is 82.3 cm³/mol. The largest absolute Gasteiger partial charge is 0.381 e. The van der Waals surface area contributed by atoms with E-state index in [1.54, 1.807) is 0 Å². The molecule has 1 nitrogen and oxygen atoms in total. The Kier molecular flexibility index (Phi) is 6.70. The molecule has 0 atom stereocenters. The number of hydrogen-bond acceptors (Lipinski definition) is 1. The van der Waals surface area contributed by atoms with Crippen molar-refractivity contribution in [3.63, 3.8) is 0 Å². The second-order valence-corrected chi connectivity index (χ2v) is 7.05. The quantitative estimate of drug-likeness (QED) is 0.570. The van der Waals surface area contributed by atoms with Crippen molar-refractivity contribution in [2.45, 2.75) is 90.1 Å². The van der Waals surface area contributed by atoms with Crippen molar-refractivity contribution < 1.29 is 4.74 Å². The molecular formula is C18H34O. The van der Waals surface area contributed by atoms with Gasteiger partial charge in [-0.25, -0.2) is 0 Å². The second-order valence-electron chi connectivity index (χ2n) is 7.05. The molecular weight excluding hydrogens is 232 g/mol. The van der Waals surface area contributed by atoms with Crippen LogP contribution in [0.2, 0.25) is 0 Å². The van der Waals surface area contributed by atoms with Gasteiger partial charge in [-0.05, 0) is 56.3 Å². The molecule has 2 saturated carbocycles. The molecule has 0 bridgehead atoms. The third-order valence-electron chi connectivity index (χ3n) is 5.83. The third-order valence-corrected chi connectivity index (χ3v) is 5.83. The van der Waals surface area contributed by atoms with Crippen LogP contribution in [0.3, 0.4) is 0 Å². The Hall–Kier alpha value is -0.0400. The molecule has 112 valence electrons. The van der Waals surface area contributed by atoms with Gasteiger partial charge in [-0.3, -0.25) is 0 Å². The SMILES string of the molecule is CCCCCC1CCC(C2CCC(OC)CC2)CC1. The van der Waals surface area contributed by atoms with Crippen LogP contribution < -0.4 is 0 Å². The average Bonchev–Trinajstić information content (AvgIpc) is 2.48. The van der Waals surface area contributed by atoms with Gasteiger partial charge in [0.25, 0.3) is 0 Å². The minimum atomic E-state index is 0.571. The summed E-state index contributed by atoms with van der Waals surface area (Å²) < 4.78 is 5.50. The van der Waals surface area contributed by atoms with Crippen LogP contribution in [-0.4, -0.2) is 13.2 Å². The van der Waals surface area contributed by atoms with Gasteiger partial charge in [0.2, 0.25) is 0 Å². The van der Waals surface area contributed by atoms with E-state index in [1.807, 2.05) is 7.11 Å². The Bertz CT molecular complexity index is 222. The standard InChI is InChI=1S/C18H34O/c1-3-4-5-6-15-7-9-16(10-8-15)17-11-13-18(19-2)14-12-17/h15-18H,3-14H2,1-2H3. The number of unbranched alkanes of at least 4 members (excludes halogenated alkanes) is 2. The molecule has 19 heavy (non-hydrogen) atoms. The molecule has 2 aliphatic carbocycles. The normalized spacial score (nSPS) is 36.3. The Morgan fingerprint density at radius 2 is 1.37 bits per heavy atom. The zero-order valence-corrected chi connectivity index (χ0v) is 13.2. The van der Waals surface area contributed by atoms with Gasteiger partial charge in [0.05, 0.1) is 6.10 Å². The lowest BCUT2D eigenvalue weighted by atomic mass is 9.70. The molecule has 0 spiro atoms. The maximum absolute atomic E-state index is 5.50. The lowest BCUT2D eigenvalue weighted by molar-refractivity contribution is 0.0391. The van der Waals surface area contributed by atoms with Crippen molar-refractivity contribution in [3.8, 4) is 0 Å². The molecule has 0 aromatic rings. The molecule has 2 fully saturated rings. The van der Waals surface area contributed by atoms with Gasteiger partial charge in [-0.15, -0.1) is 0 Å². The van der Waals surface area contributed by atoms with Crippen LogP contribution in [0, 0.1) is 17.8 Å². The molecule has 0 N–H and O–H groups in total. The van der Waals surface area contributed by atoms with Gasteiger partial charge in [-0.2, -0.15) is 0 Å². The zero-order valence-electron chi connectivity index (χ0n) is 13.2. The molecule has 1 heteroatoms. The van der Waals surface area contributed by atoms with Gasteiger partial charge in [0, 0.05) is 7.11 Å². The predicted octanol–water partition coefficient (Wildman–Crippen LogP) is 5.58. The molecule has 2 rings (SSSR count). The number of methoxy groups -OCH3 is 1. The zero-order chi connectivity index (χ0) is 13.5. The van der Waals surface area contributed by atoms with E-state index in [0.717, 1.165) is 17.8 Å². The summed E-state index contributed by atoms with van der Waals surface area (Å²) in [5.41, 5.74) is 0. The first-order chi connectivity index (χ1) is 9.33. The third kappa shape index (κ3) is 4.77. The maximum atomic E-state index is 5.50. The van der Waals surface area contributed by atoms with Gasteiger partial charge >= 0.3 is 0 Å². The van der Waals surface area contributed by atoms with Crippen molar-refractivity contribution in [1.82, 2.24) is 0 Å². The summed E-state index contributed by atoms with van der Waals surface area (Å²) in [4.78, 5) is 0. The Morgan fingerprint density at radius 1 is 0.789 bits per heavy atom. The number of hydrogen-bond donors (Lipinski definition) is 0. The lowest BCUT2D eigenvalue weighted by Crippen LogP contribution is -2.28. The Morgan fingerprint density at radius 3 is 1.89 bits per heavy atom. The van der Waals surface area contributed by atoms with Gasteiger partial charge < -0.3 is 4.74 Å². The van der Waals surface area contributed by atoms with Crippen LogP contribution in [0.15, 0.2) is 0 Å². The molecule has 2 aliphatic rings. The summed E-state index contributed by atoms with van der Waals surface area (Å²) in [6.07, 6.45) is 18.0. The van der Waals surface area contributed by atoms with E-state index in [-0.39, 0.29) is 0 Å². The average molecular weight is 266 g/mol. The fourth-order valence-electron chi connectivity index (χ4n) is 4.43. The maximum Gasteiger partial charge on any atom is 0.0571 e. The van der Waals surface area contributed by atoms with Crippen LogP contribution in [0.5, 0.6) is 0 Å². The van der Waals surface area contributed by atoms with E-state index in [0.29, 0.717) is 6.10 Å². The summed E-state index contributed by atoms with van der Waals surface area (Å²) in [5.74, 6) is 3.15. The summed E-state index contributed by atoms with van der Waals surface area (Å²) in [7, 11) is 1.88. The van der Waals surface area contributed by atoms with Crippen LogP contribution in [0.4, 0.5) is 0 Å². The summed E-state index contributed by atoms with van der Waals surface area (Å²) >= 11 is 0. The number of rotatable bonds is 6. The highest BCUT2D eigenvalue weighted by molar-refractivity contribution is 4.82.